The number of rotatable bonds is 3. The lowest BCUT2D eigenvalue weighted by atomic mass is 9.99. The number of hydrogen-bond acceptors (Lipinski definition) is 2. The van der Waals surface area contributed by atoms with Gasteiger partial charge in [-0.1, -0.05) is 6.08 Å². The van der Waals surface area contributed by atoms with Crippen LogP contribution in [-0.4, -0.2) is 41.3 Å². The second-order valence-electron chi connectivity index (χ2n) is 3.32. The molecule has 0 aromatic rings. The summed E-state index contributed by atoms with van der Waals surface area (Å²) in [6, 6.07) is 0. The molecule has 0 radical (unpaired) electrons. The predicted octanol–water partition coefficient (Wildman–Crippen LogP) is 0.671. The van der Waals surface area contributed by atoms with Crippen LogP contribution in [0.25, 0.3) is 0 Å². The van der Waals surface area contributed by atoms with Gasteiger partial charge in [0.05, 0.1) is 0 Å². The van der Waals surface area contributed by atoms with E-state index in [0.717, 1.165) is 6.08 Å². The van der Waals surface area contributed by atoms with Crippen LogP contribution in [0.15, 0.2) is 12.2 Å². The quantitative estimate of drug-likeness (QED) is 0.638. The molecule has 0 amide bonds. The van der Waals surface area contributed by atoms with Crippen LogP contribution in [0.5, 0.6) is 0 Å². The Balaban J connectivity index is 2.16. The van der Waals surface area contributed by atoms with Gasteiger partial charge in [-0.2, -0.15) is 0 Å². The van der Waals surface area contributed by atoms with Crippen molar-refractivity contribution in [1.29, 1.82) is 0 Å². The van der Waals surface area contributed by atoms with E-state index >= 15 is 0 Å². The fourth-order valence-corrected chi connectivity index (χ4v) is 1.32. The highest BCUT2D eigenvalue weighted by atomic mass is 19.1. The number of carboxylic acid groups (broad SMARTS) is 1. The minimum absolute atomic E-state index is 0.400. The van der Waals surface area contributed by atoms with E-state index in [1.165, 1.54) is 6.08 Å². The standard InChI is InChI=1S/C8H12FNO2/c1-8(9)5-10(6-8)4-2-3-7(11)12/h2-3H,4-6H2,1H3,(H,11,12)/b3-2+. The Labute approximate surface area is 70.5 Å². The van der Waals surface area contributed by atoms with Gasteiger partial charge >= 0.3 is 5.97 Å². The average Bonchev–Trinajstić information content (AvgIpc) is 1.82. The lowest BCUT2D eigenvalue weighted by molar-refractivity contribution is -0.131. The monoisotopic (exact) mass is 173 g/mol. The molecule has 0 aromatic carbocycles. The molecule has 0 unspecified atom stereocenters. The summed E-state index contributed by atoms with van der Waals surface area (Å²) >= 11 is 0. The highest BCUT2D eigenvalue weighted by Crippen LogP contribution is 2.23. The predicted molar refractivity (Wildman–Crippen MR) is 42.7 cm³/mol. The van der Waals surface area contributed by atoms with Crippen molar-refractivity contribution in [2.45, 2.75) is 12.6 Å². The number of aliphatic carboxylic acids is 1. The van der Waals surface area contributed by atoms with E-state index in [0.29, 0.717) is 19.6 Å². The molecule has 1 saturated heterocycles. The highest BCUT2D eigenvalue weighted by molar-refractivity contribution is 5.79. The minimum atomic E-state index is -1.07. The topological polar surface area (TPSA) is 40.5 Å². The second-order valence-corrected chi connectivity index (χ2v) is 3.32. The Hall–Kier alpha value is -0.900. The molecular weight excluding hydrogens is 161 g/mol. The first-order chi connectivity index (χ1) is 5.49. The van der Waals surface area contributed by atoms with Crippen molar-refractivity contribution in [3.05, 3.63) is 12.2 Å². The Kier molecular flexibility index (Phi) is 2.47. The summed E-state index contributed by atoms with van der Waals surface area (Å²) in [5, 5.41) is 8.24. The fraction of sp³-hybridized carbons (Fsp3) is 0.625. The SMILES string of the molecule is CC1(F)CN(C/C=C/C(=O)O)C1. The molecule has 0 bridgehead atoms. The van der Waals surface area contributed by atoms with Crippen molar-refractivity contribution >= 4 is 5.97 Å². The van der Waals surface area contributed by atoms with E-state index in [2.05, 4.69) is 0 Å². The van der Waals surface area contributed by atoms with E-state index in [1.54, 1.807) is 6.92 Å². The summed E-state index contributed by atoms with van der Waals surface area (Å²) in [5.41, 5.74) is -1.07. The van der Waals surface area contributed by atoms with Gasteiger partial charge in [-0.3, -0.25) is 4.90 Å². The first-order valence-electron chi connectivity index (χ1n) is 3.80. The van der Waals surface area contributed by atoms with E-state index in [9.17, 15) is 9.18 Å². The Morgan fingerprint density at radius 2 is 2.33 bits per heavy atom. The summed E-state index contributed by atoms with van der Waals surface area (Å²) in [7, 11) is 0. The van der Waals surface area contributed by atoms with Gasteiger partial charge in [0.1, 0.15) is 5.67 Å². The summed E-state index contributed by atoms with van der Waals surface area (Å²) < 4.78 is 12.9. The summed E-state index contributed by atoms with van der Waals surface area (Å²) in [5.74, 6) is -0.960. The van der Waals surface area contributed by atoms with E-state index in [1.807, 2.05) is 4.90 Å². The summed E-state index contributed by atoms with van der Waals surface area (Å²) in [6.45, 7) is 2.87. The van der Waals surface area contributed by atoms with Crippen LogP contribution in [0, 0.1) is 0 Å². The molecule has 0 spiro atoms. The summed E-state index contributed by atoms with van der Waals surface area (Å²) in [6.07, 6.45) is 2.60. The van der Waals surface area contributed by atoms with Gasteiger partial charge in [0.15, 0.2) is 0 Å². The average molecular weight is 173 g/mol. The molecule has 1 N–H and O–H groups in total. The maximum absolute atomic E-state index is 12.9. The second kappa shape index (κ2) is 3.23. The van der Waals surface area contributed by atoms with Crippen LogP contribution in [-0.2, 0) is 4.79 Å². The first-order valence-corrected chi connectivity index (χ1v) is 3.80. The smallest absolute Gasteiger partial charge is 0.328 e. The van der Waals surface area contributed by atoms with Crippen LogP contribution < -0.4 is 0 Å². The van der Waals surface area contributed by atoms with Crippen molar-refractivity contribution in [3.8, 4) is 0 Å². The molecule has 1 fully saturated rings. The lowest BCUT2D eigenvalue weighted by Crippen LogP contribution is -2.56. The lowest BCUT2D eigenvalue weighted by Gasteiger charge is -2.41. The van der Waals surface area contributed by atoms with E-state index < -0.39 is 11.6 Å². The van der Waals surface area contributed by atoms with Crippen molar-refractivity contribution in [3.63, 3.8) is 0 Å². The molecule has 1 rings (SSSR count). The molecule has 12 heavy (non-hydrogen) atoms. The fourth-order valence-electron chi connectivity index (χ4n) is 1.32. The van der Waals surface area contributed by atoms with Crippen LogP contribution in [0.1, 0.15) is 6.92 Å². The molecule has 1 heterocycles. The summed E-state index contributed by atoms with van der Waals surface area (Å²) in [4.78, 5) is 11.9. The third kappa shape index (κ3) is 2.62. The zero-order valence-corrected chi connectivity index (χ0v) is 6.96. The van der Waals surface area contributed by atoms with Gasteiger partial charge in [0.25, 0.3) is 0 Å². The van der Waals surface area contributed by atoms with Crippen molar-refractivity contribution in [1.82, 2.24) is 4.90 Å². The normalized spacial score (nSPS) is 22.5. The Morgan fingerprint density at radius 1 is 1.75 bits per heavy atom. The maximum atomic E-state index is 12.9. The van der Waals surface area contributed by atoms with Gasteiger partial charge in [0.2, 0.25) is 0 Å². The number of alkyl halides is 1. The number of carbonyl (C=O) groups is 1. The highest BCUT2D eigenvalue weighted by Gasteiger charge is 2.37. The van der Waals surface area contributed by atoms with Crippen LogP contribution in [0.2, 0.25) is 0 Å². The van der Waals surface area contributed by atoms with Gasteiger partial charge in [-0.25, -0.2) is 9.18 Å². The van der Waals surface area contributed by atoms with E-state index in [4.69, 9.17) is 5.11 Å². The molecule has 4 heteroatoms. The first kappa shape index (κ1) is 9.19. The molecule has 1 aliphatic rings. The Morgan fingerprint density at radius 3 is 2.75 bits per heavy atom. The van der Waals surface area contributed by atoms with Crippen LogP contribution >= 0.6 is 0 Å². The van der Waals surface area contributed by atoms with Gasteiger partial charge in [-0.15, -0.1) is 0 Å². The number of hydrogen-bond donors (Lipinski definition) is 1. The third-order valence-electron chi connectivity index (χ3n) is 1.73. The number of carboxylic acids is 1. The molecule has 1 aliphatic heterocycles. The Bertz CT molecular complexity index is 205. The number of halogens is 1. The maximum Gasteiger partial charge on any atom is 0.328 e. The largest absolute Gasteiger partial charge is 0.478 e. The van der Waals surface area contributed by atoms with Crippen LogP contribution in [0.3, 0.4) is 0 Å². The molecule has 0 atom stereocenters. The molecule has 0 saturated carbocycles. The zero-order valence-electron chi connectivity index (χ0n) is 6.96. The molecule has 0 aromatic heterocycles. The molecule has 0 aliphatic carbocycles. The van der Waals surface area contributed by atoms with Gasteiger partial charge in [0, 0.05) is 25.7 Å². The number of likely N-dealkylation sites (tertiary alicyclic amines) is 1. The van der Waals surface area contributed by atoms with Crippen LogP contribution in [0.4, 0.5) is 4.39 Å². The van der Waals surface area contributed by atoms with Crippen molar-refractivity contribution in [2.75, 3.05) is 19.6 Å². The minimum Gasteiger partial charge on any atom is -0.478 e. The third-order valence-corrected chi connectivity index (χ3v) is 1.73. The molecular formula is C8H12FNO2. The van der Waals surface area contributed by atoms with E-state index in [-0.39, 0.29) is 0 Å². The number of nitrogens with zero attached hydrogens (tertiary/aromatic N) is 1. The zero-order chi connectivity index (χ0) is 9.19. The molecule has 68 valence electrons. The molecule has 3 nitrogen and oxygen atoms in total. The van der Waals surface area contributed by atoms with Crippen molar-refractivity contribution in [2.24, 2.45) is 0 Å². The van der Waals surface area contributed by atoms with Gasteiger partial charge in [-0.05, 0) is 6.92 Å². The van der Waals surface area contributed by atoms with Gasteiger partial charge < -0.3 is 5.11 Å². The van der Waals surface area contributed by atoms with Crippen molar-refractivity contribution < 1.29 is 14.3 Å².